The SMILES string of the molecule is O[C@H]1CN(Cc2ccccc2)C[C@@H]1Sc1ccccc1. The second-order valence-corrected chi connectivity index (χ2v) is 6.53. The molecule has 1 saturated heterocycles. The van der Waals surface area contributed by atoms with E-state index in [9.17, 15) is 5.11 Å². The molecule has 0 saturated carbocycles. The van der Waals surface area contributed by atoms with Gasteiger partial charge in [0.25, 0.3) is 0 Å². The highest BCUT2D eigenvalue weighted by molar-refractivity contribution is 8.00. The standard InChI is InChI=1S/C17H19NOS/c19-16-12-18(11-14-7-3-1-4-8-14)13-17(16)20-15-9-5-2-6-10-15/h1-10,16-17,19H,11-13H2/t16-,17-/m0/s1. The first-order valence-electron chi connectivity index (χ1n) is 6.97. The molecule has 0 bridgehead atoms. The van der Waals surface area contributed by atoms with E-state index in [-0.39, 0.29) is 11.4 Å². The molecule has 0 unspecified atom stereocenters. The van der Waals surface area contributed by atoms with Gasteiger partial charge in [-0.05, 0) is 17.7 Å². The third kappa shape index (κ3) is 3.42. The molecular weight excluding hydrogens is 266 g/mol. The monoisotopic (exact) mass is 285 g/mol. The van der Waals surface area contributed by atoms with Gasteiger partial charge in [-0.15, -0.1) is 11.8 Å². The van der Waals surface area contributed by atoms with Crippen LogP contribution in [0, 0.1) is 0 Å². The summed E-state index contributed by atoms with van der Waals surface area (Å²) in [7, 11) is 0. The predicted molar refractivity (Wildman–Crippen MR) is 83.8 cm³/mol. The fourth-order valence-corrected chi connectivity index (χ4v) is 3.79. The molecule has 20 heavy (non-hydrogen) atoms. The van der Waals surface area contributed by atoms with E-state index < -0.39 is 0 Å². The first kappa shape index (κ1) is 13.7. The summed E-state index contributed by atoms with van der Waals surface area (Å²) in [6.45, 7) is 2.62. The van der Waals surface area contributed by atoms with Crippen LogP contribution in [0.15, 0.2) is 65.6 Å². The lowest BCUT2D eigenvalue weighted by atomic mass is 10.2. The number of benzene rings is 2. The molecule has 1 aliphatic rings. The molecule has 1 fully saturated rings. The zero-order chi connectivity index (χ0) is 13.8. The maximum absolute atomic E-state index is 10.2. The maximum atomic E-state index is 10.2. The van der Waals surface area contributed by atoms with Crippen LogP contribution in [0.25, 0.3) is 0 Å². The zero-order valence-corrected chi connectivity index (χ0v) is 12.2. The first-order valence-corrected chi connectivity index (χ1v) is 7.85. The Bertz CT molecular complexity index is 531. The summed E-state index contributed by atoms with van der Waals surface area (Å²) in [4.78, 5) is 3.57. The molecule has 0 aliphatic carbocycles. The van der Waals surface area contributed by atoms with Gasteiger partial charge in [-0.25, -0.2) is 0 Å². The Balaban J connectivity index is 1.59. The average molecular weight is 285 g/mol. The van der Waals surface area contributed by atoms with Gasteiger partial charge in [0.2, 0.25) is 0 Å². The van der Waals surface area contributed by atoms with Crippen molar-refractivity contribution >= 4 is 11.8 Å². The van der Waals surface area contributed by atoms with Crippen molar-refractivity contribution in [2.45, 2.75) is 22.8 Å². The summed E-state index contributed by atoms with van der Waals surface area (Å²) >= 11 is 1.78. The highest BCUT2D eigenvalue weighted by Gasteiger charge is 2.31. The third-order valence-corrected chi connectivity index (χ3v) is 4.90. The summed E-state index contributed by atoms with van der Waals surface area (Å²) in [5.74, 6) is 0. The lowest BCUT2D eigenvalue weighted by Gasteiger charge is -2.15. The third-order valence-electron chi connectivity index (χ3n) is 3.59. The van der Waals surface area contributed by atoms with Crippen molar-refractivity contribution in [3.05, 3.63) is 66.2 Å². The molecule has 0 spiro atoms. The highest BCUT2D eigenvalue weighted by atomic mass is 32.2. The minimum absolute atomic E-state index is 0.246. The first-order chi connectivity index (χ1) is 9.81. The average Bonchev–Trinajstić information content (AvgIpc) is 2.81. The minimum atomic E-state index is -0.246. The number of nitrogens with zero attached hydrogens (tertiary/aromatic N) is 1. The van der Waals surface area contributed by atoms with Crippen LogP contribution < -0.4 is 0 Å². The Labute approximate surface area is 124 Å². The molecule has 1 N–H and O–H groups in total. The van der Waals surface area contributed by atoms with Crippen molar-refractivity contribution in [3.63, 3.8) is 0 Å². The van der Waals surface area contributed by atoms with Crippen LogP contribution in [0.4, 0.5) is 0 Å². The van der Waals surface area contributed by atoms with E-state index in [0.717, 1.165) is 19.6 Å². The van der Waals surface area contributed by atoms with Gasteiger partial charge in [0.15, 0.2) is 0 Å². The predicted octanol–water partition coefficient (Wildman–Crippen LogP) is 3.02. The van der Waals surface area contributed by atoms with E-state index in [1.807, 2.05) is 24.3 Å². The molecule has 0 aromatic heterocycles. The van der Waals surface area contributed by atoms with Gasteiger partial charge in [0.1, 0.15) is 0 Å². The van der Waals surface area contributed by atoms with Crippen LogP contribution in [0.1, 0.15) is 5.56 Å². The number of thioether (sulfide) groups is 1. The van der Waals surface area contributed by atoms with Crippen molar-refractivity contribution in [3.8, 4) is 0 Å². The normalized spacial score (nSPS) is 23.1. The van der Waals surface area contributed by atoms with Crippen LogP contribution in [-0.2, 0) is 6.54 Å². The topological polar surface area (TPSA) is 23.5 Å². The molecule has 2 nitrogen and oxygen atoms in total. The van der Waals surface area contributed by atoms with E-state index in [0.29, 0.717) is 0 Å². The molecule has 104 valence electrons. The number of rotatable bonds is 4. The molecule has 2 atom stereocenters. The minimum Gasteiger partial charge on any atom is -0.391 e. The summed E-state index contributed by atoms with van der Waals surface area (Å²) in [6.07, 6.45) is -0.246. The van der Waals surface area contributed by atoms with E-state index >= 15 is 0 Å². The van der Waals surface area contributed by atoms with Gasteiger partial charge >= 0.3 is 0 Å². The van der Waals surface area contributed by atoms with Crippen molar-refractivity contribution < 1.29 is 5.11 Å². The lowest BCUT2D eigenvalue weighted by molar-refractivity contribution is 0.177. The molecule has 3 rings (SSSR count). The molecule has 0 radical (unpaired) electrons. The van der Waals surface area contributed by atoms with Crippen LogP contribution >= 0.6 is 11.8 Å². The zero-order valence-electron chi connectivity index (χ0n) is 11.4. The van der Waals surface area contributed by atoms with E-state index in [1.165, 1.54) is 10.5 Å². The van der Waals surface area contributed by atoms with Gasteiger partial charge in [0.05, 0.1) is 6.10 Å². The Hall–Kier alpha value is -1.29. The summed E-state index contributed by atoms with van der Waals surface area (Å²) in [5.41, 5.74) is 1.31. The molecular formula is C17H19NOS. The van der Waals surface area contributed by atoms with Gasteiger partial charge in [-0.1, -0.05) is 48.5 Å². The van der Waals surface area contributed by atoms with E-state index in [2.05, 4.69) is 41.3 Å². The quantitative estimate of drug-likeness (QED) is 0.934. The summed E-state index contributed by atoms with van der Waals surface area (Å²) < 4.78 is 0. The van der Waals surface area contributed by atoms with Crippen LogP contribution in [0.5, 0.6) is 0 Å². The largest absolute Gasteiger partial charge is 0.391 e. The lowest BCUT2D eigenvalue weighted by Crippen LogP contribution is -2.21. The van der Waals surface area contributed by atoms with Gasteiger partial charge in [0, 0.05) is 29.8 Å². The van der Waals surface area contributed by atoms with Gasteiger partial charge < -0.3 is 5.11 Å². The maximum Gasteiger partial charge on any atom is 0.0801 e. The Morgan fingerprint density at radius 1 is 0.950 bits per heavy atom. The van der Waals surface area contributed by atoms with Crippen molar-refractivity contribution in [1.29, 1.82) is 0 Å². The number of hydrogen-bond donors (Lipinski definition) is 1. The number of aliphatic hydroxyl groups is 1. The second-order valence-electron chi connectivity index (χ2n) is 5.22. The van der Waals surface area contributed by atoms with E-state index in [4.69, 9.17) is 0 Å². The fourth-order valence-electron chi connectivity index (χ4n) is 2.59. The van der Waals surface area contributed by atoms with Crippen LogP contribution in [0.3, 0.4) is 0 Å². The molecule has 0 amide bonds. The Morgan fingerprint density at radius 2 is 1.60 bits per heavy atom. The van der Waals surface area contributed by atoms with Crippen LogP contribution in [0.2, 0.25) is 0 Å². The molecule has 1 aliphatic heterocycles. The number of likely N-dealkylation sites (tertiary alicyclic amines) is 1. The van der Waals surface area contributed by atoms with Crippen LogP contribution in [-0.4, -0.2) is 34.4 Å². The van der Waals surface area contributed by atoms with Gasteiger partial charge in [-0.3, -0.25) is 4.90 Å². The Morgan fingerprint density at radius 3 is 2.30 bits per heavy atom. The molecule has 2 aromatic carbocycles. The second kappa shape index (κ2) is 6.44. The van der Waals surface area contributed by atoms with E-state index in [1.54, 1.807) is 11.8 Å². The summed E-state index contributed by atoms with van der Waals surface area (Å²) in [6, 6.07) is 20.8. The smallest absolute Gasteiger partial charge is 0.0801 e. The molecule has 1 heterocycles. The van der Waals surface area contributed by atoms with Gasteiger partial charge in [-0.2, -0.15) is 0 Å². The van der Waals surface area contributed by atoms with Crippen molar-refractivity contribution in [1.82, 2.24) is 4.90 Å². The molecule has 2 aromatic rings. The highest BCUT2D eigenvalue weighted by Crippen LogP contribution is 2.30. The summed E-state index contributed by atoms with van der Waals surface area (Å²) in [5, 5.41) is 10.5. The van der Waals surface area contributed by atoms with Crippen molar-refractivity contribution in [2.75, 3.05) is 13.1 Å². The number of aliphatic hydroxyl groups excluding tert-OH is 1. The number of β-amino-alcohol motifs (C(OH)–C–C–N with tert-alkyl or cyclic N) is 1. The Kier molecular flexibility index (Phi) is 4.41. The fraction of sp³-hybridized carbons (Fsp3) is 0.294. The molecule has 3 heteroatoms. The van der Waals surface area contributed by atoms with Crippen molar-refractivity contribution in [2.24, 2.45) is 0 Å². The number of hydrogen-bond acceptors (Lipinski definition) is 3.